The maximum Gasteiger partial charge on any atom is 0.410 e. The Morgan fingerprint density at radius 1 is 1.25 bits per heavy atom. The van der Waals surface area contributed by atoms with Gasteiger partial charge in [-0.1, -0.05) is 0 Å². The molecule has 0 radical (unpaired) electrons. The highest BCUT2D eigenvalue weighted by atomic mass is 16.6. The van der Waals surface area contributed by atoms with Gasteiger partial charge in [0.05, 0.1) is 6.54 Å². The zero-order chi connectivity index (χ0) is 15.2. The number of amides is 1. The molecule has 0 bridgehead atoms. The van der Waals surface area contributed by atoms with Crippen LogP contribution in [-0.4, -0.2) is 43.1 Å². The molecule has 5 heteroatoms. The fourth-order valence-corrected chi connectivity index (χ4v) is 1.37. The number of hydrogen-bond donors (Lipinski definition) is 0. The van der Waals surface area contributed by atoms with Gasteiger partial charge in [-0.05, 0) is 45.0 Å². The second-order valence-electron chi connectivity index (χ2n) is 5.44. The van der Waals surface area contributed by atoms with Crippen molar-refractivity contribution >= 4 is 12.4 Å². The number of aldehydes is 1. The van der Waals surface area contributed by atoms with Crippen LogP contribution in [0.2, 0.25) is 0 Å². The molecule has 0 aliphatic rings. The summed E-state index contributed by atoms with van der Waals surface area (Å²) in [7, 11) is 1.66. The smallest absolute Gasteiger partial charge is 0.410 e. The highest BCUT2D eigenvalue weighted by molar-refractivity contribution is 5.74. The van der Waals surface area contributed by atoms with Gasteiger partial charge in [0.2, 0.25) is 0 Å². The Bertz CT molecular complexity index is 448. The van der Waals surface area contributed by atoms with Crippen LogP contribution in [0.25, 0.3) is 0 Å². The van der Waals surface area contributed by atoms with Crippen LogP contribution in [-0.2, 0) is 4.74 Å². The summed E-state index contributed by atoms with van der Waals surface area (Å²) in [5.74, 6) is 0.660. The highest BCUT2D eigenvalue weighted by Crippen LogP contribution is 2.12. The predicted octanol–water partition coefficient (Wildman–Crippen LogP) is 2.74. The average Bonchev–Trinajstić information content (AvgIpc) is 2.37. The number of ether oxygens (including phenoxy) is 2. The largest absolute Gasteiger partial charge is 0.492 e. The first-order chi connectivity index (χ1) is 9.31. The number of rotatable bonds is 5. The molecule has 1 aromatic rings. The van der Waals surface area contributed by atoms with E-state index in [1.807, 2.05) is 20.8 Å². The third kappa shape index (κ3) is 5.73. The molecule has 0 saturated heterocycles. The first kappa shape index (κ1) is 16.0. The summed E-state index contributed by atoms with van der Waals surface area (Å²) >= 11 is 0. The lowest BCUT2D eigenvalue weighted by Gasteiger charge is -2.24. The van der Waals surface area contributed by atoms with Gasteiger partial charge in [0.15, 0.2) is 0 Å². The van der Waals surface area contributed by atoms with E-state index >= 15 is 0 Å². The Kier molecular flexibility index (Phi) is 5.55. The number of likely N-dealkylation sites (N-methyl/N-ethyl adjacent to an activating group) is 1. The van der Waals surface area contributed by atoms with Crippen molar-refractivity contribution in [2.45, 2.75) is 26.4 Å². The number of carbonyl (C=O) groups excluding carboxylic acids is 2. The molecule has 0 saturated carbocycles. The van der Waals surface area contributed by atoms with Crippen LogP contribution in [0, 0.1) is 0 Å². The molecule has 20 heavy (non-hydrogen) atoms. The van der Waals surface area contributed by atoms with Gasteiger partial charge in [-0.25, -0.2) is 4.79 Å². The Morgan fingerprint density at radius 2 is 1.85 bits per heavy atom. The molecule has 0 fully saturated rings. The predicted molar refractivity (Wildman–Crippen MR) is 76.2 cm³/mol. The van der Waals surface area contributed by atoms with E-state index in [1.54, 1.807) is 31.3 Å². The monoisotopic (exact) mass is 279 g/mol. The molecule has 0 atom stereocenters. The summed E-state index contributed by atoms with van der Waals surface area (Å²) in [4.78, 5) is 23.7. The van der Waals surface area contributed by atoms with Gasteiger partial charge in [-0.2, -0.15) is 0 Å². The Morgan fingerprint density at radius 3 is 2.35 bits per heavy atom. The third-order valence-corrected chi connectivity index (χ3v) is 2.42. The molecular weight excluding hydrogens is 258 g/mol. The average molecular weight is 279 g/mol. The van der Waals surface area contributed by atoms with Crippen molar-refractivity contribution in [2.75, 3.05) is 20.2 Å². The van der Waals surface area contributed by atoms with E-state index in [-0.39, 0.29) is 6.09 Å². The van der Waals surface area contributed by atoms with Crippen molar-refractivity contribution in [3.05, 3.63) is 29.8 Å². The Labute approximate surface area is 119 Å². The van der Waals surface area contributed by atoms with Gasteiger partial charge >= 0.3 is 6.09 Å². The molecule has 1 amide bonds. The van der Waals surface area contributed by atoms with Crippen LogP contribution in [0.15, 0.2) is 24.3 Å². The molecule has 0 spiro atoms. The van der Waals surface area contributed by atoms with E-state index in [4.69, 9.17) is 9.47 Å². The van der Waals surface area contributed by atoms with E-state index < -0.39 is 5.60 Å². The highest BCUT2D eigenvalue weighted by Gasteiger charge is 2.19. The third-order valence-electron chi connectivity index (χ3n) is 2.42. The quantitative estimate of drug-likeness (QED) is 0.778. The maximum atomic E-state index is 11.7. The van der Waals surface area contributed by atoms with E-state index in [0.717, 1.165) is 6.29 Å². The minimum Gasteiger partial charge on any atom is -0.492 e. The summed E-state index contributed by atoms with van der Waals surface area (Å²) in [5, 5.41) is 0. The van der Waals surface area contributed by atoms with Gasteiger partial charge in [0.25, 0.3) is 0 Å². The van der Waals surface area contributed by atoms with Crippen molar-refractivity contribution < 1.29 is 19.1 Å². The van der Waals surface area contributed by atoms with Crippen LogP contribution < -0.4 is 4.74 Å². The molecule has 0 heterocycles. The SMILES string of the molecule is CN(CCOc1ccc(C=O)cc1)C(=O)OC(C)(C)C. The molecule has 0 aromatic heterocycles. The van der Waals surface area contributed by atoms with E-state index in [0.29, 0.717) is 24.5 Å². The lowest BCUT2D eigenvalue weighted by atomic mass is 10.2. The number of carbonyl (C=O) groups is 2. The summed E-state index contributed by atoms with van der Waals surface area (Å²) in [6, 6.07) is 6.80. The van der Waals surface area contributed by atoms with Gasteiger partial charge in [-0.15, -0.1) is 0 Å². The zero-order valence-corrected chi connectivity index (χ0v) is 12.4. The first-order valence-electron chi connectivity index (χ1n) is 6.44. The fraction of sp³-hybridized carbons (Fsp3) is 0.467. The molecular formula is C15H21NO4. The second-order valence-corrected chi connectivity index (χ2v) is 5.44. The fourth-order valence-electron chi connectivity index (χ4n) is 1.37. The molecule has 1 rings (SSSR count). The lowest BCUT2D eigenvalue weighted by molar-refractivity contribution is 0.0278. The summed E-state index contributed by atoms with van der Waals surface area (Å²) in [5.41, 5.74) is 0.0971. The zero-order valence-electron chi connectivity index (χ0n) is 12.4. The van der Waals surface area contributed by atoms with Crippen molar-refractivity contribution in [1.82, 2.24) is 4.90 Å². The molecule has 5 nitrogen and oxygen atoms in total. The van der Waals surface area contributed by atoms with E-state index in [2.05, 4.69) is 0 Å². The van der Waals surface area contributed by atoms with Gasteiger partial charge in [0, 0.05) is 12.6 Å². The number of hydrogen-bond acceptors (Lipinski definition) is 4. The molecule has 110 valence electrons. The van der Waals surface area contributed by atoms with Crippen LogP contribution in [0.4, 0.5) is 4.79 Å². The Balaban J connectivity index is 2.35. The summed E-state index contributed by atoms with van der Waals surface area (Å²) in [6.45, 7) is 6.25. The van der Waals surface area contributed by atoms with Crippen LogP contribution >= 0.6 is 0 Å². The Hall–Kier alpha value is -2.04. The normalized spacial score (nSPS) is 10.8. The van der Waals surface area contributed by atoms with Gasteiger partial charge in [-0.3, -0.25) is 4.79 Å². The molecule has 1 aromatic carbocycles. The summed E-state index contributed by atoms with van der Waals surface area (Å²) < 4.78 is 10.7. The minimum absolute atomic E-state index is 0.357. The van der Waals surface area contributed by atoms with Crippen molar-refractivity contribution in [2.24, 2.45) is 0 Å². The topological polar surface area (TPSA) is 55.8 Å². The lowest BCUT2D eigenvalue weighted by Crippen LogP contribution is -2.36. The standard InChI is InChI=1S/C15H21NO4/c1-15(2,3)20-14(18)16(4)9-10-19-13-7-5-12(11-17)6-8-13/h5-8,11H,9-10H2,1-4H3. The van der Waals surface area contributed by atoms with Crippen LogP contribution in [0.5, 0.6) is 5.75 Å². The van der Waals surface area contributed by atoms with Crippen molar-refractivity contribution in [1.29, 1.82) is 0 Å². The summed E-state index contributed by atoms with van der Waals surface area (Å²) in [6.07, 6.45) is 0.400. The van der Waals surface area contributed by atoms with Crippen LogP contribution in [0.3, 0.4) is 0 Å². The molecule has 0 aliphatic heterocycles. The van der Waals surface area contributed by atoms with Crippen LogP contribution in [0.1, 0.15) is 31.1 Å². The molecule has 0 unspecified atom stereocenters. The number of benzene rings is 1. The van der Waals surface area contributed by atoms with E-state index in [9.17, 15) is 9.59 Å². The first-order valence-corrected chi connectivity index (χ1v) is 6.44. The number of nitrogens with zero attached hydrogens (tertiary/aromatic N) is 1. The van der Waals surface area contributed by atoms with E-state index in [1.165, 1.54) is 4.90 Å². The molecule has 0 aliphatic carbocycles. The molecule has 0 N–H and O–H groups in total. The second kappa shape index (κ2) is 6.93. The maximum absolute atomic E-state index is 11.7. The minimum atomic E-state index is -0.503. The van der Waals surface area contributed by atoms with Crippen molar-refractivity contribution in [3.8, 4) is 5.75 Å². The van der Waals surface area contributed by atoms with Crippen molar-refractivity contribution in [3.63, 3.8) is 0 Å². The van der Waals surface area contributed by atoms with Gasteiger partial charge < -0.3 is 14.4 Å². The van der Waals surface area contributed by atoms with Gasteiger partial charge in [0.1, 0.15) is 24.2 Å².